The minimum Gasteiger partial charge on any atom is -0.294 e. The zero-order chi connectivity index (χ0) is 12.4. The molecule has 0 aliphatic heterocycles. The number of aromatic nitrogens is 3. The number of aryl methyl sites for hydroxylation is 1. The predicted molar refractivity (Wildman–Crippen MR) is 63.1 cm³/mol. The van der Waals surface area contributed by atoms with Gasteiger partial charge < -0.3 is 0 Å². The van der Waals surface area contributed by atoms with Crippen LogP contribution in [0.15, 0.2) is 29.0 Å². The fraction of sp³-hybridized carbons (Fsp3) is 0.182. The van der Waals surface area contributed by atoms with Crippen LogP contribution >= 0.6 is 15.9 Å². The quantitative estimate of drug-likeness (QED) is 0.816. The van der Waals surface area contributed by atoms with Crippen LogP contribution in [0.25, 0.3) is 0 Å². The van der Waals surface area contributed by atoms with Crippen molar-refractivity contribution in [3.05, 3.63) is 46.2 Å². The molecule has 6 heteroatoms. The highest BCUT2D eigenvalue weighted by atomic mass is 79.9. The van der Waals surface area contributed by atoms with E-state index < -0.39 is 5.82 Å². The Morgan fingerprint density at radius 1 is 1.53 bits per heavy atom. The van der Waals surface area contributed by atoms with E-state index in [0.717, 1.165) is 0 Å². The first-order chi connectivity index (χ1) is 8.09. The number of nitrogens with zero attached hydrogens (tertiary/aromatic N) is 3. The van der Waals surface area contributed by atoms with E-state index in [9.17, 15) is 9.18 Å². The van der Waals surface area contributed by atoms with Crippen molar-refractivity contribution in [2.75, 3.05) is 0 Å². The van der Waals surface area contributed by atoms with Crippen LogP contribution in [-0.4, -0.2) is 20.5 Å². The van der Waals surface area contributed by atoms with Crippen LogP contribution in [0.1, 0.15) is 16.2 Å². The summed E-state index contributed by atoms with van der Waals surface area (Å²) in [5.41, 5.74) is 0.0578. The lowest BCUT2D eigenvalue weighted by molar-refractivity contribution is 0.0985. The average Bonchev–Trinajstić information content (AvgIpc) is 2.68. The third kappa shape index (κ3) is 2.41. The van der Waals surface area contributed by atoms with Gasteiger partial charge >= 0.3 is 0 Å². The molecule has 0 saturated carbocycles. The molecule has 2 aromatic rings. The summed E-state index contributed by atoms with van der Waals surface area (Å²) in [7, 11) is 1.69. The molecule has 2 rings (SSSR count). The number of halogens is 2. The van der Waals surface area contributed by atoms with Gasteiger partial charge in [0.2, 0.25) is 0 Å². The molecular formula is C11H9BrFN3O. The average molecular weight is 298 g/mol. The van der Waals surface area contributed by atoms with E-state index in [1.54, 1.807) is 19.2 Å². The molecule has 0 aliphatic carbocycles. The van der Waals surface area contributed by atoms with Crippen molar-refractivity contribution in [1.29, 1.82) is 0 Å². The molecule has 4 nitrogen and oxygen atoms in total. The van der Waals surface area contributed by atoms with Gasteiger partial charge in [-0.2, -0.15) is 5.10 Å². The van der Waals surface area contributed by atoms with Crippen LogP contribution in [0.3, 0.4) is 0 Å². The Labute approximate surface area is 106 Å². The van der Waals surface area contributed by atoms with Crippen molar-refractivity contribution < 1.29 is 9.18 Å². The topological polar surface area (TPSA) is 47.8 Å². The van der Waals surface area contributed by atoms with E-state index in [1.165, 1.54) is 17.1 Å². The highest BCUT2D eigenvalue weighted by Gasteiger charge is 2.16. The summed E-state index contributed by atoms with van der Waals surface area (Å²) in [6.45, 7) is 0. The molecule has 1 heterocycles. The van der Waals surface area contributed by atoms with Gasteiger partial charge in [0.1, 0.15) is 18.0 Å². The highest BCUT2D eigenvalue weighted by molar-refractivity contribution is 9.10. The maximum absolute atomic E-state index is 13.7. The molecule has 0 amide bonds. The van der Waals surface area contributed by atoms with Crippen molar-refractivity contribution in [2.45, 2.75) is 6.42 Å². The van der Waals surface area contributed by atoms with E-state index in [2.05, 4.69) is 26.0 Å². The number of benzene rings is 1. The lowest BCUT2D eigenvalue weighted by Crippen LogP contribution is -2.10. The summed E-state index contributed by atoms with van der Waals surface area (Å²) in [6.07, 6.45) is 1.39. The maximum Gasteiger partial charge on any atom is 0.173 e. The summed E-state index contributed by atoms with van der Waals surface area (Å²) in [5, 5.41) is 3.85. The third-order valence-electron chi connectivity index (χ3n) is 2.38. The Morgan fingerprint density at radius 3 is 2.94 bits per heavy atom. The summed E-state index contributed by atoms with van der Waals surface area (Å²) in [4.78, 5) is 15.8. The van der Waals surface area contributed by atoms with Crippen molar-refractivity contribution in [2.24, 2.45) is 7.05 Å². The van der Waals surface area contributed by atoms with E-state index >= 15 is 0 Å². The van der Waals surface area contributed by atoms with Crippen LogP contribution < -0.4 is 0 Å². The van der Waals surface area contributed by atoms with Gasteiger partial charge in [0.25, 0.3) is 0 Å². The minimum absolute atomic E-state index is 0.0316. The summed E-state index contributed by atoms with van der Waals surface area (Å²) in [5.74, 6) is -0.353. The molecule has 0 saturated heterocycles. The van der Waals surface area contributed by atoms with Crippen molar-refractivity contribution in [3.8, 4) is 0 Å². The van der Waals surface area contributed by atoms with Gasteiger partial charge in [-0.1, -0.05) is 6.07 Å². The van der Waals surface area contributed by atoms with E-state index in [0.29, 0.717) is 5.82 Å². The SMILES string of the molecule is Cn1ncnc1CC(=O)c1cccc(Br)c1F. The van der Waals surface area contributed by atoms with Gasteiger partial charge in [0.15, 0.2) is 5.78 Å². The van der Waals surface area contributed by atoms with Crippen LogP contribution in [0.2, 0.25) is 0 Å². The third-order valence-corrected chi connectivity index (χ3v) is 2.99. The molecule has 0 bridgehead atoms. The van der Waals surface area contributed by atoms with Gasteiger partial charge in [0, 0.05) is 7.05 Å². The molecule has 17 heavy (non-hydrogen) atoms. The normalized spacial score (nSPS) is 10.5. The zero-order valence-corrected chi connectivity index (χ0v) is 10.6. The number of hydrogen-bond acceptors (Lipinski definition) is 3. The Balaban J connectivity index is 2.27. The maximum atomic E-state index is 13.7. The molecule has 0 atom stereocenters. The first kappa shape index (κ1) is 11.9. The van der Waals surface area contributed by atoms with Crippen LogP contribution in [0, 0.1) is 5.82 Å². The molecule has 0 spiro atoms. The molecule has 1 aromatic carbocycles. The molecule has 0 N–H and O–H groups in total. The molecule has 88 valence electrons. The molecule has 0 unspecified atom stereocenters. The first-order valence-corrected chi connectivity index (χ1v) is 5.69. The largest absolute Gasteiger partial charge is 0.294 e. The molecule has 0 aliphatic rings. The van der Waals surface area contributed by atoms with Gasteiger partial charge in [-0.25, -0.2) is 9.37 Å². The molecule has 1 aromatic heterocycles. The monoisotopic (exact) mass is 297 g/mol. The van der Waals surface area contributed by atoms with Gasteiger partial charge in [-0.3, -0.25) is 9.48 Å². The predicted octanol–water partition coefficient (Wildman–Crippen LogP) is 2.14. The zero-order valence-electron chi connectivity index (χ0n) is 9.02. The summed E-state index contributed by atoms with van der Waals surface area (Å²) >= 11 is 3.05. The lowest BCUT2D eigenvalue weighted by atomic mass is 10.1. The Hall–Kier alpha value is -1.56. The number of carbonyl (C=O) groups is 1. The number of rotatable bonds is 3. The second kappa shape index (κ2) is 4.75. The van der Waals surface area contributed by atoms with Crippen LogP contribution in [-0.2, 0) is 13.5 Å². The minimum atomic E-state index is -0.542. The smallest absolute Gasteiger partial charge is 0.173 e. The van der Waals surface area contributed by atoms with E-state index in [-0.39, 0.29) is 22.2 Å². The number of Topliss-reactive ketones (excluding diaryl/α,β-unsaturated/α-hetero) is 1. The van der Waals surface area contributed by atoms with Crippen molar-refractivity contribution in [3.63, 3.8) is 0 Å². The number of hydrogen-bond donors (Lipinski definition) is 0. The fourth-order valence-electron chi connectivity index (χ4n) is 1.44. The fourth-order valence-corrected chi connectivity index (χ4v) is 1.80. The van der Waals surface area contributed by atoms with Gasteiger partial charge in [-0.15, -0.1) is 0 Å². The number of ketones is 1. The first-order valence-electron chi connectivity index (χ1n) is 4.89. The van der Waals surface area contributed by atoms with Gasteiger partial charge in [-0.05, 0) is 28.1 Å². The standard InChI is InChI=1S/C11H9BrFN3O/c1-16-10(14-6-15-16)5-9(17)7-3-2-4-8(12)11(7)13/h2-4,6H,5H2,1H3. The van der Waals surface area contributed by atoms with E-state index in [1.807, 2.05) is 0 Å². The summed E-state index contributed by atoms with van der Waals surface area (Å²) in [6, 6.07) is 4.63. The lowest BCUT2D eigenvalue weighted by Gasteiger charge is -2.03. The Bertz CT molecular complexity index is 568. The van der Waals surface area contributed by atoms with Crippen molar-refractivity contribution >= 4 is 21.7 Å². The second-order valence-electron chi connectivity index (χ2n) is 3.50. The summed E-state index contributed by atoms with van der Waals surface area (Å²) < 4.78 is 15.4. The number of carbonyl (C=O) groups excluding carboxylic acids is 1. The second-order valence-corrected chi connectivity index (χ2v) is 4.36. The molecular weight excluding hydrogens is 289 g/mol. The van der Waals surface area contributed by atoms with Crippen LogP contribution in [0.5, 0.6) is 0 Å². The van der Waals surface area contributed by atoms with Gasteiger partial charge in [0.05, 0.1) is 16.5 Å². The van der Waals surface area contributed by atoms with Crippen molar-refractivity contribution in [1.82, 2.24) is 14.8 Å². The van der Waals surface area contributed by atoms with E-state index in [4.69, 9.17) is 0 Å². The Kier molecular flexibility index (Phi) is 3.33. The molecule has 0 fully saturated rings. The Morgan fingerprint density at radius 2 is 2.29 bits per heavy atom. The highest BCUT2D eigenvalue weighted by Crippen LogP contribution is 2.19. The molecule has 0 radical (unpaired) electrons. The van der Waals surface area contributed by atoms with Crippen LogP contribution in [0.4, 0.5) is 4.39 Å².